The number of H-pyrrole nitrogens is 1. The number of nitrogens with one attached hydrogen (secondary N) is 1. The Morgan fingerprint density at radius 2 is 2.36 bits per heavy atom. The van der Waals surface area contributed by atoms with Crippen molar-refractivity contribution in [3.8, 4) is 11.4 Å². The van der Waals surface area contributed by atoms with E-state index in [-0.39, 0.29) is 5.82 Å². The molecule has 1 N–H and O–H groups in total. The van der Waals surface area contributed by atoms with Gasteiger partial charge >= 0.3 is 5.82 Å². The maximum absolute atomic E-state index is 10.3. The van der Waals surface area contributed by atoms with Crippen LogP contribution in [0.5, 0.6) is 0 Å². The van der Waals surface area contributed by atoms with Crippen molar-refractivity contribution in [1.82, 2.24) is 20.5 Å². The number of hydrogen-bond acceptors (Lipinski definition) is 6. The van der Waals surface area contributed by atoms with Gasteiger partial charge < -0.3 is 10.1 Å². The maximum Gasteiger partial charge on any atom is 0.343 e. The number of aryl methyl sites for hydroxylation is 1. The van der Waals surface area contributed by atoms with Crippen LogP contribution in [-0.2, 0) is 0 Å². The molecule has 0 aliphatic carbocycles. The lowest BCUT2D eigenvalue weighted by Crippen LogP contribution is -1.86. The summed E-state index contributed by atoms with van der Waals surface area (Å²) in [7, 11) is 0. The van der Waals surface area contributed by atoms with Crippen molar-refractivity contribution in [3.05, 3.63) is 21.9 Å². The smallest absolute Gasteiger partial charge is 0.343 e. The standard InChI is InChI=1S/C6H5N5O3/c1-3-6(10-14-9-3)4-2-5(8-7-4)11(12)13/h2H,1H3,(H,7,8). The molecule has 14 heavy (non-hydrogen) atoms. The third kappa shape index (κ3) is 1.22. The van der Waals surface area contributed by atoms with E-state index in [2.05, 4.69) is 25.1 Å². The highest BCUT2D eigenvalue weighted by atomic mass is 16.6. The van der Waals surface area contributed by atoms with Gasteiger partial charge in [-0.15, -0.1) is 5.10 Å². The lowest BCUT2D eigenvalue weighted by Gasteiger charge is -1.84. The normalized spacial score (nSPS) is 10.4. The van der Waals surface area contributed by atoms with Crippen LogP contribution in [0.1, 0.15) is 5.69 Å². The molecule has 0 aliphatic heterocycles. The molecule has 72 valence electrons. The van der Waals surface area contributed by atoms with E-state index < -0.39 is 4.92 Å². The molecule has 2 aromatic rings. The van der Waals surface area contributed by atoms with Crippen LogP contribution < -0.4 is 0 Å². The number of aromatic amines is 1. The highest BCUT2D eigenvalue weighted by Crippen LogP contribution is 2.20. The van der Waals surface area contributed by atoms with Crippen LogP contribution in [-0.4, -0.2) is 25.4 Å². The van der Waals surface area contributed by atoms with Gasteiger partial charge in [0.1, 0.15) is 11.4 Å². The van der Waals surface area contributed by atoms with Gasteiger partial charge in [-0.25, -0.2) is 4.63 Å². The zero-order chi connectivity index (χ0) is 10.1. The molecule has 8 heteroatoms. The van der Waals surface area contributed by atoms with Gasteiger partial charge in [-0.1, -0.05) is 10.3 Å². The molecule has 0 aliphatic rings. The molecule has 0 spiro atoms. The van der Waals surface area contributed by atoms with E-state index in [0.29, 0.717) is 17.1 Å². The molecule has 0 saturated heterocycles. The predicted molar refractivity (Wildman–Crippen MR) is 43.3 cm³/mol. The number of nitro groups is 1. The monoisotopic (exact) mass is 195 g/mol. The van der Waals surface area contributed by atoms with Crippen molar-refractivity contribution in [3.63, 3.8) is 0 Å². The average Bonchev–Trinajstić information content (AvgIpc) is 2.71. The van der Waals surface area contributed by atoms with Crippen LogP contribution in [0.15, 0.2) is 10.7 Å². The van der Waals surface area contributed by atoms with Gasteiger partial charge in [-0.3, -0.25) is 0 Å². The number of nitrogens with zero attached hydrogens (tertiary/aromatic N) is 4. The third-order valence-electron chi connectivity index (χ3n) is 1.66. The first kappa shape index (κ1) is 8.35. The first-order valence-electron chi connectivity index (χ1n) is 3.68. The summed E-state index contributed by atoms with van der Waals surface area (Å²) in [5.74, 6) is -0.192. The summed E-state index contributed by atoms with van der Waals surface area (Å²) in [4.78, 5) is 9.77. The van der Waals surface area contributed by atoms with E-state index in [4.69, 9.17) is 0 Å². The van der Waals surface area contributed by atoms with Gasteiger partial charge in [0.15, 0.2) is 5.69 Å². The summed E-state index contributed by atoms with van der Waals surface area (Å²) in [6.45, 7) is 1.67. The molecule has 2 rings (SSSR count). The minimum Gasteiger partial charge on any atom is -0.358 e. The van der Waals surface area contributed by atoms with E-state index in [1.54, 1.807) is 6.92 Å². The Labute approximate surface area is 77.0 Å². The lowest BCUT2D eigenvalue weighted by atomic mass is 10.2. The van der Waals surface area contributed by atoms with E-state index in [1.165, 1.54) is 6.07 Å². The second-order valence-electron chi connectivity index (χ2n) is 2.59. The van der Waals surface area contributed by atoms with Gasteiger partial charge in [0.05, 0.1) is 6.07 Å². The van der Waals surface area contributed by atoms with Gasteiger partial charge in [-0.2, -0.15) is 0 Å². The fourth-order valence-electron chi connectivity index (χ4n) is 0.990. The quantitative estimate of drug-likeness (QED) is 0.557. The molecular formula is C6H5N5O3. The minimum absolute atomic E-state index is 0.192. The molecule has 0 aromatic carbocycles. The fraction of sp³-hybridized carbons (Fsp3) is 0.167. The van der Waals surface area contributed by atoms with E-state index in [9.17, 15) is 10.1 Å². The predicted octanol–water partition coefficient (Wildman–Crippen LogP) is 0.676. The zero-order valence-corrected chi connectivity index (χ0v) is 7.09. The van der Waals surface area contributed by atoms with Crippen LogP contribution in [0.4, 0.5) is 5.82 Å². The van der Waals surface area contributed by atoms with Crippen LogP contribution in [0.2, 0.25) is 0 Å². The summed E-state index contributed by atoms with van der Waals surface area (Å²) in [5, 5.41) is 23.4. The SMILES string of the molecule is Cc1nonc1-c1cc([N+](=O)[O-])[nH]n1. The zero-order valence-electron chi connectivity index (χ0n) is 7.09. The van der Waals surface area contributed by atoms with Gasteiger partial charge in [0, 0.05) is 0 Å². The number of rotatable bonds is 2. The van der Waals surface area contributed by atoms with E-state index in [0.717, 1.165) is 0 Å². The summed E-state index contributed by atoms with van der Waals surface area (Å²) in [5.41, 5.74) is 1.27. The number of aromatic nitrogens is 4. The Morgan fingerprint density at radius 3 is 2.86 bits per heavy atom. The molecular weight excluding hydrogens is 190 g/mol. The van der Waals surface area contributed by atoms with Crippen molar-refractivity contribution in [1.29, 1.82) is 0 Å². The highest BCUT2D eigenvalue weighted by molar-refractivity contribution is 5.57. The third-order valence-corrected chi connectivity index (χ3v) is 1.66. The molecule has 0 saturated carbocycles. The molecule has 0 fully saturated rings. The van der Waals surface area contributed by atoms with Crippen LogP contribution >= 0.6 is 0 Å². The molecule has 8 nitrogen and oxygen atoms in total. The van der Waals surface area contributed by atoms with Crippen molar-refractivity contribution < 1.29 is 9.55 Å². The maximum atomic E-state index is 10.3. The summed E-state index contributed by atoms with van der Waals surface area (Å²) in [6.07, 6.45) is 0. The molecule has 0 bridgehead atoms. The second-order valence-corrected chi connectivity index (χ2v) is 2.59. The summed E-state index contributed by atoms with van der Waals surface area (Å²) >= 11 is 0. The van der Waals surface area contributed by atoms with Crippen molar-refractivity contribution in [2.75, 3.05) is 0 Å². The molecule has 0 amide bonds. The van der Waals surface area contributed by atoms with Crippen molar-refractivity contribution in [2.24, 2.45) is 0 Å². The summed E-state index contributed by atoms with van der Waals surface area (Å²) < 4.78 is 4.45. The fourth-order valence-corrected chi connectivity index (χ4v) is 0.990. The Balaban J connectivity index is 2.43. The molecule has 0 atom stereocenters. The molecule has 2 heterocycles. The molecule has 2 aromatic heterocycles. The Bertz CT molecular complexity index is 473. The average molecular weight is 195 g/mol. The van der Waals surface area contributed by atoms with Crippen LogP contribution in [0, 0.1) is 17.0 Å². The van der Waals surface area contributed by atoms with Gasteiger partial charge in [0.25, 0.3) is 0 Å². The first-order chi connectivity index (χ1) is 6.68. The van der Waals surface area contributed by atoms with Crippen molar-refractivity contribution >= 4 is 5.82 Å². The Kier molecular flexibility index (Phi) is 1.73. The molecule has 0 unspecified atom stereocenters. The first-order valence-corrected chi connectivity index (χ1v) is 3.68. The summed E-state index contributed by atoms with van der Waals surface area (Å²) in [6, 6.07) is 1.27. The van der Waals surface area contributed by atoms with E-state index in [1.807, 2.05) is 0 Å². The van der Waals surface area contributed by atoms with Crippen molar-refractivity contribution in [2.45, 2.75) is 6.92 Å². The minimum atomic E-state index is -0.570. The van der Waals surface area contributed by atoms with Crippen LogP contribution in [0.25, 0.3) is 11.4 Å². The van der Waals surface area contributed by atoms with Gasteiger partial charge in [0.2, 0.25) is 0 Å². The Hall–Kier alpha value is -2.25. The van der Waals surface area contributed by atoms with Crippen LogP contribution in [0.3, 0.4) is 0 Å². The largest absolute Gasteiger partial charge is 0.358 e. The lowest BCUT2D eigenvalue weighted by molar-refractivity contribution is -0.389. The number of hydrogen-bond donors (Lipinski definition) is 1. The molecule has 0 radical (unpaired) electrons. The topological polar surface area (TPSA) is 111 Å². The van der Waals surface area contributed by atoms with E-state index >= 15 is 0 Å². The Morgan fingerprint density at radius 1 is 1.57 bits per heavy atom. The highest BCUT2D eigenvalue weighted by Gasteiger charge is 2.16. The van der Waals surface area contributed by atoms with Gasteiger partial charge in [-0.05, 0) is 17.0 Å². The second kappa shape index (κ2) is 2.91.